The molecule has 1 aromatic carbocycles. The van der Waals surface area contributed by atoms with Crippen LogP contribution in [0.25, 0.3) is 0 Å². The molecule has 0 radical (unpaired) electrons. The van der Waals surface area contributed by atoms with E-state index in [9.17, 15) is 5.02 Å². The summed E-state index contributed by atoms with van der Waals surface area (Å²) < 4.78 is 24.6. The van der Waals surface area contributed by atoms with E-state index in [-0.39, 0.29) is 6.79 Å². The number of methoxy groups -OCH3 is 3. The minimum absolute atomic E-state index is 0.137. The van der Waals surface area contributed by atoms with Crippen molar-refractivity contribution in [2.24, 2.45) is 0 Å². The van der Waals surface area contributed by atoms with Crippen LogP contribution in [0, 0.1) is 10.5 Å². The molecule has 1 aromatic rings. The standard InChI is InChI=1S/C16H24BINO5/c1-7-11-8-19(17(3)20)13-12(18-11)16(24-9-21-4)15(23-6)10(2)14(13)22-5/h7,20H,8-9H2,1-6H3/q-1/b11-7-. The van der Waals surface area contributed by atoms with E-state index in [1.54, 1.807) is 28.2 Å². The molecule has 0 aromatic heterocycles. The average Bonchev–Trinajstić information content (AvgIpc) is 2.58. The Kier molecular flexibility index (Phi) is 6.65. The molecule has 1 aliphatic rings. The van der Waals surface area contributed by atoms with E-state index in [2.05, 4.69) is 6.08 Å². The fraction of sp³-hybridized carbons (Fsp3) is 0.500. The van der Waals surface area contributed by atoms with Crippen LogP contribution in [0.4, 0.5) is 5.69 Å². The zero-order valence-electron chi connectivity index (χ0n) is 15.0. The fourth-order valence-electron chi connectivity index (χ4n) is 2.70. The van der Waals surface area contributed by atoms with Crippen LogP contribution in [0.15, 0.2) is 9.66 Å². The van der Waals surface area contributed by atoms with Crippen molar-refractivity contribution in [3.8, 4) is 17.2 Å². The van der Waals surface area contributed by atoms with Crippen molar-refractivity contribution >= 4 is 12.7 Å². The van der Waals surface area contributed by atoms with Gasteiger partial charge in [0.25, 0.3) is 0 Å². The fourth-order valence-corrected chi connectivity index (χ4v) is 5.70. The van der Waals surface area contributed by atoms with Crippen LogP contribution in [-0.4, -0.2) is 46.7 Å². The van der Waals surface area contributed by atoms with Gasteiger partial charge in [-0.15, -0.1) is 0 Å². The van der Waals surface area contributed by atoms with Crippen LogP contribution in [0.1, 0.15) is 12.5 Å². The molecule has 6 nitrogen and oxygen atoms in total. The van der Waals surface area contributed by atoms with E-state index >= 15 is 0 Å². The summed E-state index contributed by atoms with van der Waals surface area (Å²) in [5.74, 6) is 2.07. The molecular formula is C16H24BINO5-. The van der Waals surface area contributed by atoms with Gasteiger partial charge in [0, 0.05) is 0 Å². The van der Waals surface area contributed by atoms with Gasteiger partial charge in [0.1, 0.15) is 0 Å². The number of rotatable bonds is 6. The van der Waals surface area contributed by atoms with E-state index in [1.165, 1.54) is 3.58 Å². The second-order valence-corrected chi connectivity index (χ2v) is 8.33. The molecule has 8 heteroatoms. The molecule has 2 rings (SSSR count). The molecule has 0 spiro atoms. The summed E-state index contributed by atoms with van der Waals surface area (Å²) >= 11 is -0.454. The van der Waals surface area contributed by atoms with E-state index in [1.807, 2.05) is 18.7 Å². The van der Waals surface area contributed by atoms with E-state index in [0.717, 1.165) is 20.6 Å². The van der Waals surface area contributed by atoms with Gasteiger partial charge in [0.2, 0.25) is 0 Å². The van der Waals surface area contributed by atoms with Gasteiger partial charge in [-0.25, -0.2) is 0 Å². The maximum absolute atomic E-state index is 10.3. The number of anilines is 1. The molecule has 0 atom stereocenters. The number of halogens is 1. The third kappa shape index (κ3) is 3.45. The molecule has 24 heavy (non-hydrogen) atoms. The van der Waals surface area contributed by atoms with Gasteiger partial charge >= 0.3 is 154 Å². The molecule has 0 amide bonds. The number of fused-ring (bicyclic) bond motifs is 1. The summed E-state index contributed by atoms with van der Waals surface area (Å²) in [6.07, 6.45) is 2.12. The van der Waals surface area contributed by atoms with Gasteiger partial charge in [-0.3, -0.25) is 0 Å². The molecule has 0 bridgehead atoms. The first-order chi connectivity index (χ1) is 11.5. The van der Waals surface area contributed by atoms with Crippen molar-refractivity contribution in [3.05, 3.63) is 18.8 Å². The monoisotopic (exact) mass is 448 g/mol. The normalized spacial score (nSPS) is 15.6. The number of benzene rings is 1. The maximum atomic E-state index is 10.3. The first-order valence-electron chi connectivity index (χ1n) is 7.65. The molecule has 1 heterocycles. The van der Waals surface area contributed by atoms with Crippen LogP contribution in [-0.2, 0) is 4.74 Å². The molecule has 134 valence electrons. The quantitative estimate of drug-likeness (QED) is 0.346. The topological polar surface area (TPSA) is 60.4 Å². The Bertz CT molecular complexity index is 636. The predicted octanol–water partition coefficient (Wildman–Crippen LogP) is -0.912. The van der Waals surface area contributed by atoms with Crippen molar-refractivity contribution in [3.63, 3.8) is 0 Å². The second kappa shape index (κ2) is 8.31. The molecular weight excluding hydrogens is 424 g/mol. The van der Waals surface area contributed by atoms with Crippen LogP contribution >= 0.6 is 0 Å². The SMILES string of the molecule is C/C=C1/CN(B(C)O)c2c(OC)c(C)c(OC)c(OCOC)c2[I-]1. The average molecular weight is 448 g/mol. The van der Waals surface area contributed by atoms with Gasteiger partial charge < -0.3 is 0 Å². The zero-order valence-corrected chi connectivity index (χ0v) is 17.1. The van der Waals surface area contributed by atoms with E-state index in [0.29, 0.717) is 18.0 Å². The van der Waals surface area contributed by atoms with E-state index in [4.69, 9.17) is 18.9 Å². The molecule has 0 saturated heterocycles. The van der Waals surface area contributed by atoms with Gasteiger partial charge in [-0.2, -0.15) is 0 Å². The Morgan fingerprint density at radius 1 is 1.21 bits per heavy atom. The zero-order chi connectivity index (χ0) is 17.9. The first-order valence-corrected chi connectivity index (χ1v) is 9.80. The number of ether oxygens (including phenoxy) is 4. The van der Waals surface area contributed by atoms with Crippen molar-refractivity contribution in [1.82, 2.24) is 0 Å². The molecule has 0 aliphatic carbocycles. The molecule has 0 unspecified atom stereocenters. The third-order valence-electron chi connectivity index (χ3n) is 3.83. The Morgan fingerprint density at radius 2 is 1.88 bits per heavy atom. The second-order valence-electron chi connectivity index (χ2n) is 5.32. The molecule has 1 aliphatic heterocycles. The number of hydrogen-bond acceptors (Lipinski definition) is 6. The summed E-state index contributed by atoms with van der Waals surface area (Å²) in [6, 6.07) is 0. The van der Waals surface area contributed by atoms with Crippen molar-refractivity contribution in [2.45, 2.75) is 20.7 Å². The summed E-state index contributed by atoms with van der Waals surface area (Å²) in [7, 11) is 4.21. The van der Waals surface area contributed by atoms with Crippen LogP contribution < -0.4 is 40.2 Å². The van der Waals surface area contributed by atoms with Crippen LogP contribution in [0.5, 0.6) is 17.2 Å². The Balaban J connectivity index is 2.77. The van der Waals surface area contributed by atoms with Gasteiger partial charge in [0.15, 0.2) is 0 Å². The van der Waals surface area contributed by atoms with Gasteiger partial charge in [0.05, 0.1) is 0 Å². The Labute approximate surface area is 154 Å². The molecule has 0 saturated carbocycles. The van der Waals surface area contributed by atoms with Crippen molar-refractivity contribution in [2.75, 3.05) is 39.5 Å². The predicted molar refractivity (Wildman–Crippen MR) is 90.4 cm³/mol. The minimum atomic E-state index is -0.639. The summed E-state index contributed by atoms with van der Waals surface area (Å²) in [4.78, 5) is 1.94. The number of hydrogen-bond donors (Lipinski definition) is 1. The van der Waals surface area contributed by atoms with Crippen LogP contribution in [0.3, 0.4) is 0 Å². The number of nitrogens with zero attached hydrogens (tertiary/aromatic N) is 1. The van der Waals surface area contributed by atoms with Crippen molar-refractivity contribution in [1.29, 1.82) is 0 Å². The summed E-state index contributed by atoms with van der Waals surface area (Å²) in [5.41, 5.74) is 1.75. The van der Waals surface area contributed by atoms with Gasteiger partial charge in [-0.1, -0.05) is 0 Å². The third-order valence-corrected chi connectivity index (χ3v) is 7.02. The van der Waals surface area contributed by atoms with E-state index < -0.39 is 28.3 Å². The van der Waals surface area contributed by atoms with Crippen LogP contribution in [0.2, 0.25) is 6.82 Å². The summed E-state index contributed by atoms with van der Waals surface area (Å²) in [5, 5.41) is 10.3. The molecule has 0 fully saturated rings. The van der Waals surface area contributed by atoms with Gasteiger partial charge in [-0.05, 0) is 0 Å². The summed E-state index contributed by atoms with van der Waals surface area (Å²) in [6.45, 7) is 6.55. The first kappa shape index (κ1) is 19.2. The van der Waals surface area contributed by atoms with Crippen molar-refractivity contribution < 1.29 is 45.2 Å². The Morgan fingerprint density at radius 3 is 2.38 bits per heavy atom. The Hall–Kier alpha value is -1.13. The number of allylic oxidation sites excluding steroid dienone is 1. The molecule has 1 N–H and O–H groups in total.